The van der Waals surface area contributed by atoms with Crippen LogP contribution < -0.4 is 10.6 Å². The highest BCUT2D eigenvalue weighted by molar-refractivity contribution is 5.75. The van der Waals surface area contributed by atoms with Gasteiger partial charge in [0.2, 0.25) is 0 Å². The van der Waals surface area contributed by atoms with Crippen LogP contribution >= 0.6 is 0 Å². The lowest BCUT2D eigenvalue weighted by Gasteiger charge is -2.30. The average Bonchev–Trinajstić information content (AvgIpc) is 2.98. The van der Waals surface area contributed by atoms with E-state index in [1.54, 1.807) is 0 Å². The summed E-state index contributed by atoms with van der Waals surface area (Å²) in [6.07, 6.45) is 3.51. The lowest BCUT2D eigenvalue weighted by molar-refractivity contribution is -0.138. The summed E-state index contributed by atoms with van der Waals surface area (Å²) in [7, 11) is 0. The first kappa shape index (κ1) is 14.8. The molecule has 18 heavy (non-hydrogen) atoms. The average molecular weight is 256 g/mol. The van der Waals surface area contributed by atoms with Crippen molar-refractivity contribution in [1.29, 1.82) is 0 Å². The Morgan fingerprint density at radius 2 is 1.94 bits per heavy atom. The number of carboxylic acid groups (broad SMARTS) is 1. The van der Waals surface area contributed by atoms with Crippen LogP contribution in [0.25, 0.3) is 0 Å². The number of carbonyl (C=O) groups excluding carboxylic acids is 1. The Morgan fingerprint density at radius 3 is 2.39 bits per heavy atom. The van der Waals surface area contributed by atoms with Crippen LogP contribution in [0.1, 0.15) is 46.5 Å². The summed E-state index contributed by atoms with van der Waals surface area (Å²) >= 11 is 0. The van der Waals surface area contributed by atoms with Gasteiger partial charge in [-0.05, 0) is 17.8 Å². The molecule has 0 aromatic rings. The van der Waals surface area contributed by atoms with Crippen LogP contribution in [0.15, 0.2) is 0 Å². The standard InChI is InChI=1S/C13H24N2O3/c1-13(2,3)10(8-11(16)17)15-12(18)14-7-6-9-4-5-9/h9-10H,4-8H2,1-3H3,(H,16,17)(H2,14,15,18). The maximum atomic E-state index is 11.7. The van der Waals surface area contributed by atoms with Crippen molar-refractivity contribution in [3.63, 3.8) is 0 Å². The SMILES string of the molecule is CC(C)(C)C(CC(=O)O)NC(=O)NCCC1CC1. The van der Waals surface area contributed by atoms with E-state index in [4.69, 9.17) is 5.11 Å². The second-order valence-corrected chi connectivity index (χ2v) is 6.15. The lowest BCUT2D eigenvalue weighted by atomic mass is 9.85. The first-order valence-electron chi connectivity index (χ1n) is 6.55. The highest BCUT2D eigenvalue weighted by Gasteiger charge is 2.28. The smallest absolute Gasteiger partial charge is 0.315 e. The molecule has 0 aliphatic heterocycles. The minimum atomic E-state index is -0.895. The summed E-state index contributed by atoms with van der Waals surface area (Å²) in [6, 6.07) is -0.632. The number of aliphatic carboxylic acids is 1. The zero-order valence-corrected chi connectivity index (χ0v) is 11.5. The normalized spacial score (nSPS) is 17.1. The van der Waals surface area contributed by atoms with Gasteiger partial charge in [0.1, 0.15) is 0 Å². The summed E-state index contributed by atoms with van der Waals surface area (Å²) in [5, 5.41) is 14.4. The molecular weight excluding hydrogens is 232 g/mol. The van der Waals surface area contributed by atoms with Gasteiger partial charge < -0.3 is 15.7 Å². The molecule has 1 saturated carbocycles. The second kappa shape index (κ2) is 6.07. The molecule has 0 bridgehead atoms. The third-order valence-electron chi connectivity index (χ3n) is 3.26. The van der Waals surface area contributed by atoms with Gasteiger partial charge in [0.25, 0.3) is 0 Å². The van der Waals surface area contributed by atoms with Gasteiger partial charge in [-0.3, -0.25) is 4.79 Å². The van der Waals surface area contributed by atoms with Crippen molar-refractivity contribution in [3.05, 3.63) is 0 Å². The zero-order valence-electron chi connectivity index (χ0n) is 11.5. The van der Waals surface area contributed by atoms with E-state index < -0.39 is 5.97 Å². The Balaban J connectivity index is 2.33. The minimum Gasteiger partial charge on any atom is -0.481 e. The van der Waals surface area contributed by atoms with E-state index in [0.717, 1.165) is 12.3 Å². The Hall–Kier alpha value is -1.26. The summed E-state index contributed by atoms with van der Waals surface area (Å²) in [6.45, 7) is 6.43. The third kappa shape index (κ3) is 5.89. The predicted molar refractivity (Wildman–Crippen MR) is 69.4 cm³/mol. The molecule has 0 heterocycles. The van der Waals surface area contributed by atoms with Crippen molar-refractivity contribution in [2.45, 2.75) is 52.5 Å². The first-order valence-corrected chi connectivity index (χ1v) is 6.55. The third-order valence-corrected chi connectivity index (χ3v) is 3.26. The highest BCUT2D eigenvalue weighted by Crippen LogP contribution is 2.31. The monoisotopic (exact) mass is 256 g/mol. The molecule has 1 rings (SSSR count). The molecule has 0 aromatic heterocycles. The van der Waals surface area contributed by atoms with Crippen LogP contribution in [0, 0.1) is 11.3 Å². The van der Waals surface area contributed by atoms with Crippen LogP contribution in [0.2, 0.25) is 0 Å². The number of nitrogens with one attached hydrogen (secondary N) is 2. The highest BCUT2D eigenvalue weighted by atomic mass is 16.4. The molecule has 5 heteroatoms. The molecule has 1 atom stereocenters. The van der Waals surface area contributed by atoms with Crippen LogP contribution in [0.4, 0.5) is 4.79 Å². The van der Waals surface area contributed by atoms with Crippen LogP contribution in [0.3, 0.4) is 0 Å². The van der Waals surface area contributed by atoms with Gasteiger partial charge in [-0.25, -0.2) is 4.79 Å². The van der Waals surface area contributed by atoms with Crippen molar-refractivity contribution in [3.8, 4) is 0 Å². The van der Waals surface area contributed by atoms with E-state index in [2.05, 4.69) is 10.6 Å². The van der Waals surface area contributed by atoms with Gasteiger partial charge in [0, 0.05) is 12.6 Å². The first-order chi connectivity index (χ1) is 8.29. The Kier molecular flexibility index (Phi) is 4.99. The van der Waals surface area contributed by atoms with Crippen LogP contribution in [-0.2, 0) is 4.79 Å². The number of rotatable bonds is 6. The summed E-state index contributed by atoms with van der Waals surface area (Å²) in [5.41, 5.74) is -0.272. The molecule has 2 amide bonds. The van der Waals surface area contributed by atoms with E-state index in [-0.39, 0.29) is 23.9 Å². The lowest BCUT2D eigenvalue weighted by Crippen LogP contribution is -2.49. The van der Waals surface area contributed by atoms with Crippen molar-refractivity contribution < 1.29 is 14.7 Å². The Bertz CT molecular complexity index is 306. The number of amides is 2. The maximum absolute atomic E-state index is 11.7. The van der Waals surface area contributed by atoms with E-state index in [1.807, 2.05) is 20.8 Å². The molecule has 5 nitrogen and oxygen atoms in total. The number of carboxylic acids is 1. The van der Waals surface area contributed by atoms with Crippen LogP contribution in [-0.4, -0.2) is 29.7 Å². The number of hydrogen-bond donors (Lipinski definition) is 3. The van der Waals surface area contributed by atoms with Crippen molar-refractivity contribution in [2.75, 3.05) is 6.54 Å². The van der Waals surface area contributed by atoms with E-state index >= 15 is 0 Å². The fourth-order valence-corrected chi connectivity index (χ4v) is 1.75. The van der Waals surface area contributed by atoms with E-state index in [0.29, 0.717) is 6.54 Å². The van der Waals surface area contributed by atoms with Crippen molar-refractivity contribution in [1.82, 2.24) is 10.6 Å². The van der Waals surface area contributed by atoms with Crippen molar-refractivity contribution in [2.24, 2.45) is 11.3 Å². The summed E-state index contributed by atoms with van der Waals surface area (Å²) in [5.74, 6) is -0.115. The number of urea groups is 1. The quantitative estimate of drug-likeness (QED) is 0.680. The van der Waals surface area contributed by atoms with E-state index in [1.165, 1.54) is 12.8 Å². The molecular formula is C13H24N2O3. The van der Waals surface area contributed by atoms with Gasteiger partial charge in [-0.2, -0.15) is 0 Å². The minimum absolute atomic E-state index is 0.0560. The van der Waals surface area contributed by atoms with Gasteiger partial charge in [-0.1, -0.05) is 33.6 Å². The Morgan fingerprint density at radius 1 is 1.33 bits per heavy atom. The van der Waals surface area contributed by atoms with Crippen LogP contribution in [0.5, 0.6) is 0 Å². The molecule has 1 aliphatic rings. The molecule has 104 valence electrons. The molecule has 0 spiro atoms. The van der Waals surface area contributed by atoms with Gasteiger partial charge in [0.05, 0.1) is 6.42 Å². The van der Waals surface area contributed by atoms with Gasteiger partial charge in [-0.15, -0.1) is 0 Å². The molecule has 0 aromatic carbocycles. The van der Waals surface area contributed by atoms with Crippen molar-refractivity contribution >= 4 is 12.0 Å². The number of carbonyl (C=O) groups is 2. The fourth-order valence-electron chi connectivity index (χ4n) is 1.75. The predicted octanol–water partition coefficient (Wildman–Crippen LogP) is 1.98. The topological polar surface area (TPSA) is 78.4 Å². The second-order valence-electron chi connectivity index (χ2n) is 6.15. The maximum Gasteiger partial charge on any atom is 0.315 e. The Labute approximate surface area is 108 Å². The molecule has 0 saturated heterocycles. The molecule has 1 aliphatic carbocycles. The summed E-state index contributed by atoms with van der Waals surface area (Å²) in [4.78, 5) is 22.4. The molecule has 3 N–H and O–H groups in total. The van der Waals surface area contributed by atoms with E-state index in [9.17, 15) is 9.59 Å². The zero-order chi connectivity index (χ0) is 13.8. The molecule has 1 fully saturated rings. The fraction of sp³-hybridized carbons (Fsp3) is 0.846. The van der Waals surface area contributed by atoms with Gasteiger partial charge in [0.15, 0.2) is 0 Å². The molecule has 1 unspecified atom stereocenters. The van der Waals surface area contributed by atoms with Gasteiger partial charge >= 0.3 is 12.0 Å². The molecule has 0 radical (unpaired) electrons. The summed E-state index contributed by atoms with van der Waals surface area (Å²) < 4.78 is 0. The number of hydrogen-bond acceptors (Lipinski definition) is 2. The largest absolute Gasteiger partial charge is 0.481 e.